The van der Waals surface area contributed by atoms with Crippen LogP contribution < -0.4 is 5.43 Å². The Bertz CT molecular complexity index is 636. The summed E-state index contributed by atoms with van der Waals surface area (Å²) in [5.41, 5.74) is 3.87. The molecule has 0 atom stereocenters. The first-order chi connectivity index (χ1) is 9.06. The Morgan fingerprint density at radius 2 is 2.32 bits per heavy atom. The van der Waals surface area contributed by atoms with E-state index in [1.165, 1.54) is 12.3 Å². The van der Waals surface area contributed by atoms with Crippen LogP contribution in [0.1, 0.15) is 21.7 Å². The number of carbonyl (C=O) groups excluding carboxylic acids is 1. The van der Waals surface area contributed by atoms with Gasteiger partial charge in [-0.3, -0.25) is 9.89 Å². The average Bonchev–Trinajstić information content (AvgIpc) is 2.80. The number of halogens is 1. The monoisotopic (exact) mass is 322 g/mol. The molecule has 1 aromatic carbocycles. The van der Waals surface area contributed by atoms with Crippen molar-refractivity contribution in [2.24, 2.45) is 5.10 Å². The van der Waals surface area contributed by atoms with Crippen LogP contribution in [-0.4, -0.2) is 27.4 Å². The number of benzene rings is 1. The number of aryl methyl sites for hydroxylation is 1. The molecule has 98 valence electrons. The SMILES string of the molecule is Cc1cc(C(=O)N/N=C/c2cc(Br)ccc2O)n[nH]1. The number of aromatic nitrogens is 2. The average molecular weight is 323 g/mol. The van der Waals surface area contributed by atoms with Gasteiger partial charge in [0.2, 0.25) is 0 Å². The van der Waals surface area contributed by atoms with Gasteiger partial charge in [0.25, 0.3) is 5.91 Å². The molecule has 0 saturated carbocycles. The highest BCUT2D eigenvalue weighted by molar-refractivity contribution is 9.10. The standard InChI is InChI=1S/C12H11BrN4O2/c1-7-4-10(16-15-7)12(19)17-14-6-8-5-9(13)2-3-11(8)18/h2-6,18H,1H3,(H,15,16)(H,17,19)/b14-6+. The number of carbonyl (C=O) groups is 1. The lowest BCUT2D eigenvalue weighted by Gasteiger charge is -1.99. The third-order valence-electron chi connectivity index (χ3n) is 2.30. The van der Waals surface area contributed by atoms with E-state index in [4.69, 9.17) is 0 Å². The van der Waals surface area contributed by atoms with Crippen molar-refractivity contribution in [2.45, 2.75) is 6.92 Å². The molecule has 0 aliphatic rings. The van der Waals surface area contributed by atoms with E-state index < -0.39 is 5.91 Å². The Labute approximate surface area is 117 Å². The van der Waals surface area contributed by atoms with Gasteiger partial charge in [0.05, 0.1) is 6.21 Å². The van der Waals surface area contributed by atoms with E-state index >= 15 is 0 Å². The highest BCUT2D eigenvalue weighted by Crippen LogP contribution is 2.19. The second kappa shape index (κ2) is 5.66. The maximum absolute atomic E-state index is 11.6. The van der Waals surface area contributed by atoms with Gasteiger partial charge in [-0.05, 0) is 31.2 Å². The second-order valence-electron chi connectivity index (χ2n) is 3.84. The number of phenolic OH excluding ortho intramolecular Hbond substituents is 1. The predicted octanol–water partition coefficient (Wildman–Crippen LogP) is 1.95. The topological polar surface area (TPSA) is 90.4 Å². The summed E-state index contributed by atoms with van der Waals surface area (Å²) >= 11 is 3.28. The molecule has 1 aromatic heterocycles. The minimum Gasteiger partial charge on any atom is -0.507 e. The quantitative estimate of drug-likeness (QED) is 0.596. The molecule has 3 N–H and O–H groups in total. The molecule has 0 radical (unpaired) electrons. The van der Waals surface area contributed by atoms with Crippen LogP contribution in [0.2, 0.25) is 0 Å². The van der Waals surface area contributed by atoms with Gasteiger partial charge in [-0.1, -0.05) is 15.9 Å². The first-order valence-corrected chi connectivity index (χ1v) is 6.19. The number of hydrazone groups is 1. The van der Waals surface area contributed by atoms with Crippen molar-refractivity contribution >= 4 is 28.1 Å². The van der Waals surface area contributed by atoms with Crippen molar-refractivity contribution in [1.82, 2.24) is 15.6 Å². The normalized spacial score (nSPS) is 10.8. The van der Waals surface area contributed by atoms with Gasteiger partial charge in [0.1, 0.15) is 5.75 Å². The Hall–Kier alpha value is -2.15. The molecule has 1 heterocycles. The molecule has 7 heteroatoms. The molecule has 0 aliphatic carbocycles. The molecule has 6 nitrogen and oxygen atoms in total. The van der Waals surface area contributed by atoms with E-state index in [0.29, 0.717) is 5.56 Å². The van der Waals surface area contributed by atoms with E-state index in [-0.39, 0.29) is 11.4 Å². The number of aromatic hydroxyl groups is 1. The highest BCUT2D eigenvalue weighted by Gasteiger charge is 2.07. The van der Waals surface area contributed by atoms with Crippen molar-refractivity contribution in [3.63, 3.8) is 0 Å². The zero-order valence-corrected chi connectivity index (χ0v) is 11.6. The lowest BCUT2D eigenvalue weighted by molar-refractivity contribution is 0.0950. The maximum atomic E-state index is 11.6. The predicted molar refractivity (Wildman–Crippen MR) is 74.2 cm³/mol. The lowest BCUT2D eigenvalue weighted by Crippen LogP contribution is -2.18. The van der Waals surface area contributed by atoms with Gasteiger partial charge >= 0.3 is 0 Å². The molecule has 19 heavy (non-hydrogen) atoms. The molecule has 1 amide bonds. The number of phenols is 1. The van der Waals surface area contributed by atoms with Crippen LogP contribution in [0, 0.1) is 6.92 Å². The van der Waals surface area contributed by atoms with Crippen LogP contribution in [0.25, 0.3) is 0 Å². The van der Waals surface area contributed by atoms with Gasteiger partial charge in [0, 0.05) is 15.7 Å². The van der Waals surface area contributed by atoms with Crippen LogP contribution in [0.3, 0.4) is 0 Å². The molecule has 0 saturated heterocycles. The van der Waals surface area contributed by atoms with Gasteiger partial charge in [-0.15, -0.1) is 0 Å². The number of H-pyrrole nitrogens is 1. The van der Waals surface area contributed by atoms with Crippen LogP contribution in [0.5, 0.6) is 5.75 Å². The number of amides is 1. The molecule has 2 rings (SSSR count). The smallest absolute Gasteiger partial charge is 0.291 e. The lowest BCUT2D eigenvalue weighted by atomic mass is 10.2. The van der Waals surface area contributed by atoms with Crippen LogP contribution >= 0.6 is 15.9 Å². The summed E-state index contributed by atoms with van der Waals surface area (Å²) in [4.78, 5) is 11.6. The van der Waals surface area contributed by atoms with Crippen molar-refractivity contribution in [2.75, 3.05) is 0 Å². The van der Waals surface area contributed by atoms with Crippen molar-refractivity contribution in [3.8, 4) is 5.75 Å². The minimum atomic E-state index is -0.421. The van der Waals surface area contributed by atoms with E-state index in [9.17, 15) is 9.90 Å². The van der Waals surface area contributed by atoms with Crippen molar-refractivity contribution in [3.05, 3.63) is 45.7 Å². The van der Waals surface area contributed by atoms with Crippen molar-refractivity contribution < 1.29 is 9.90 Å². The van der Waals surface area contributed by atoms with Gasteiger partial charge in [-0.2, -0.15) is 10.2 Å². The molecule has 0 bridgehead atoms. The third kappa shape index (κ3) is 3.41. The Balaban J connectivity index is 2.04. The number of hydrogen-bond acceptors (Lipinski definition) is 4. The Morgan fingerprint density at radius 1 is 1.53 bits per heavy atom. The Morgan fingerprint density at radius 3 is 3.00 bits per heavy atom. The summed E-state index contributed by atoms with van der Waals surface area (Å²) in [6.45, 7) is 1.80. The highest BCUT2D eigenvalue weighted by atomic mass is 79.9. The fourth-order valence-electron chi connectivity index (χ4n) is 1.38. The molecular formula is C12H11BrN4O2. The summed E-state index contributed by atoms with van der Waals surface area (Å²) in [6.07, 6.45) is 1.36. The molecule has 2 aromatic rings. The summed E-state index contributed by atoms with van der Waals surface area (Å²) in [5, 5.41) is 19.8. The summed E-state index contributed by atoms with van der Waals surface area (Å²) < 4.78 is 0.806. The largest absolute Gasteiger partial charge is 0.507 e. The van der Waals surface area contributed by atoms with Crippen molar-refractivity contribution in [1.29, 1.82) is 0 Å². The zero-order valence-electron chi connectivity index (χ0n) is 10.0. The third-order valence-corrected chi connectivity index (χ3v) is 2.79. The molecular weight excluding hydrogens is 312 g/mol. The summed E-state index contributed by atoms with van der Waals surface area (Å²) in [5.74, 6) is -0.341. The fraction of sp³-hybridized carbons (Fsp3) is 0.0833. The van der Waals surface area contributed by atoms with Gasteiger partial charge in [-0.25, -0.2) is 5.43 Å². The maximum Gasteiger partial charge on any atom is 0.291 e. The van der Waals surface area contributed by atoms with Gasteiger partial charge < -0.3 is 5.11 Å². The number of hydrogen-bond donors (Lipinski definition) is 3. The number of aromatic amines is 1. The minimum absolute atomic E-state index is 0.0804. The Kier molecular flexibility index (Phi) is 3.96. The van der Waals surface area contributed by atoms with E-state index in [2.05, 4.69) is 36.7 Å². The summed E-state index contributed by atoms with van der Waals surface area (Å²) in [6, 6.07) is 6.53. The first-order valence-electron chi connectivity index (χ1n) is 5.40. The van der Waals surface area contributed by atoms with E-state index in [1.54, 1.807) is 25.1 Å². The second-order valence-corrected chi connectivity index (χ2v) is 4.75. The summed E-state index contributed by atoms with van der Waals surface area (Å²) in [7, 11) is 0. The number of rotatable bonds is 3. The molecule has 0 spiro atoms. The first kappa shape index (κ1) is 13.3. The van der Waals surface area contributed by atoms with E-state index in [0.717, 1.165) is 10.2 Å². The van der Waals surface area contributed by atoms with Crippen LogP contribution in [0.4, 0.5) is 0 Å². The fourth-order valence-corrected chi connectivity index (χ4v) is 1.76. The molecule has 0 unspecified atom stereocenters. The number of nitrogens with zero attached hydrogens (tertiary/aromatic N) is 2. The molecule has 0 aliphatic heterocycles. The van der Waals surface area contributed by atoms with Gasteiger partial charge in [0.15, 0.2) is 5.69 Å². The van der Waals surface area contributed by atoms with Crippen LogP contribution in [-0.2, 0) is 0 Å². The number of nitrogens with one attached hydrogen (secondary N) is 2. The zero-order chi connectivity index (χ0) is 13.8. The van der Waals surface area contributed by atoms with E-state index in [1.807, 2.05) is 0 Å². The molecule has 0 fully saturated rings. The van der Waals surface area contributed by atoms with Crippen LogP contribution in [0.15, 0.2) is 33.8 Å².